The van der Waals surface area contributed by atoms with Crippen molar-refractivity contribution in [2.24, 2.45) is 5.92 Å². The molecule has 3 rings (SSSR count). The Morgan fingerprint density at radius 1 is 1.07 bits per heavy atom. The van der Waals surface area contributed by atoms with Crippen LogP contribution in [0.2, 0.25) is 0 Å². The van der Waals surface area contributed by atoms with Crippen LogP contribution in [0.3, 0.4) is 0 Å². The first kappa shape index (κ1) is 22.4. The molecule has 2 aromatic carbocycles. The van der Waals surface area contributed by atoms with E-state index in [1.165, 1.54) is 49.8 Å². The van der Waals surface area contributed by atoms with Crippen molar-refractivity contribution in [1.82, 2.24) is 4.90 Å². The lowest BCUT2D eigenvalue weighted by Crippen LogP contribution is -2.27. The fourth-order valence-electron chi connectivity index (χ4n) is 4.39. The van der Waals surface area contributed by atoms with Crippen LogP contribution in [0.15, 0.2) is 36.4 Å². The van der Waals surface area contributed by atoms with Crippen molar-refractivity contribution in [2.45, 2.75) is 65.0 Å². The highest BCUT2D eigenvalue weighted by Gasteiger charge is 2.18. The Labute approximate surface area is 177 Å². The van der Waals surface area contributed by atoms with Crippen LogP contribution in [0.25, 0.3) is 0 Å². The van der Waals surface area contributed by atoms with Crippen molar-refractivity contribution in [2.75, 3.05) is 6.54 Å². The summed E-state index contributed by atoms with van der Waals surface area (Å²) >= 11 is 0. The highest BCUT2D eigenvalue weighted by Crippen LogP contribution is 2.27. The van der Waals surface area contributed by atoms with Crippen LogP contribution in [-0.2, 0) is 24.3 Å². The number of nitrogens with zero attached hydrogens (tertiary/aromatic N) is 1. The number of hydrogen-bond acceptors (Lipinski definition) is 2. The van der Waals surface area contributed by atoms with E-state index in [1.807, 2.05) is 17.0 Å². The molecule has 1 N–H and O–H groups in total. The molecule has 0 heterocycles. The van der Waals surface area contributed by atoms with Gasteiger partial charge in [0.1, 0.15) is 11.6 Å². The maximum Gasteiger partial charge on any atom is 0.304 e. The van der Waals surface area contributed by atoms with E-state index < -0.39 is 17.6 Å². The van der Waals surface area contributed by atoms with E-state index in [2.05, 4.69) is 12.1 Å². The minimum atomic E-state index is -0.920. The van der Waals surface area contributed by atoms with Gasteiger partial charge in [0.05, 0.1) is 6.42 Å². The molecular weight excluding hydrogens is 384 g/mol. The molecule has 0 aromatic heterocycles. The van der Waals surface area contributed by atoms with Gasteiger partial charge in [-0.05, 0) is 42.0 Å². The molecule has 5 heteroatoms. The molecule has 0 spiro atoms. The van der Waals surface area contributed by atoms with Crippen LogP contribution >= 0.6 is 0 Å². The Morgan fingerprint density at radius 2 is 1.80 bits per heavy atom. The Kier molecular flexibility index (Phi) is 7.97. The normalized spacial score (nSPS) is 14.9. The quantitative estimate of drug-likeness (QED) is 0.557. The maximum absolute atomic E-state index is 14.5. The fraction of sp³-hybridized carbons (Fsp3) is 0.480. The van der Waals surface area contributed by atoms with E-state index in [0.717, 1.165) is 17.9 Å². The summed E-state index contributed by atoms with van der Waals surface area (Å²) < 4.78 is 28.8. The van der Waals surface area contributed by atoms with Gasteiger partial charge in [0.25, 0.3) is 0 Å². The summed E-state index contributed by atoms with van der Waals surface area (Å²) in [5.74, 6) is -1.34. The number of aliphatic carboxylic acids is 1. The van der Waals surface area contributed by atoms with Gasteiger partial charge >= 0.3 is 5.97 Å². The Morgan fingerprint density at radius 3 is 2.53 bits per heavy atom. The number of carboxylic acid groups (broad SMARTS) is 1. The Hall–Kier alpha value is -2.27. The highest BCUT2D eigenvalue weighted by molar-refractivity contribution is 5.66. The largest absolute Gasteiger partial charge is 0.481 e. The van der Waals surface area contributed by atoms with Gasteiger partial charge in [-0.25, -0.2) is 8.78 Å². The molecule has 1 fully saturated rings. The third-order valence-electron chi connectivity index (χ3n) is 6.05. The first-order valence-corrected chi connectivity index (χ1v) is 10.9. The van der Waals surface area contributed by atoms with Crippen molar-refractivity contribution in [1.29, 1.82) is 0 Å². The number of hydrogen-bond donors (Lipinski definition) is 1. The number of halogens is 2. The lowest BCUT2D eigenvalue weighted by Gasteiger charge is -2.24. The standard InChI is InChI=1S/C25H31F2NO2/c1-18-10-11-23(26)22(25(18)27)17-28(13-12-24(29)30)16-21-9-5-8-20(15-21)14-19-6-3-2-4-7-19/h5,8-11,15,19H,2-4,6-7,12-14,16-17H2,1H3,(H,29,30). The Bertz CT molecular complexity index is 862. The molecule has 0 radical (unpaired) electrons. The van der Waals surface area contributed by atoms with E-state index in [4.69, 9.17) is 5.11 Å². The summed E-state index contributed by atoms with van der Waals surface area (Å²) in [6, 6.07) is 11.0. The average Bonchev–Trinajstić information content (AvgIpc) is 2.73. The molecule has 0 saturated heterocycles. The predicted octanol–water partition coefficient (Wildman–Crippen LogP) is 5.87. The number of rotatable bonds is 9. The van der Waals surface area contributed by atoms with E-state index in [0.29, 0.717) is 12.1 Å². The SMILES string of the molecule is Cc1ccc(F)c(CN(CCC(=O)O)Cc2cccc(CC3CCCCC3)c2)c1F. The van der Waals surface area contributed by atoms with Gasteiger partial charge in [0.15, 0.2) is 0 Å². The van der Waals surface area contributed by atoms with E-state index in [9.17, 15) is 13.6 Å². The second-order valence-electron chi connectivity index (χ2n) is 8.54. The average molecular weight is 416 g/mol. The third kappa shape index (κ3) is 6.36. The summed E-state index contributed by atoms with van der Waals surface area (Å²) in [5.41, 5.74) is 2.71. The zero-order valence-corrected chi connectivity index (χ0v) is 17.7. The van der Waals surface area contributed by atoms with Crippen molar-refractivity contribution in [3.8, 4) is 0 Å². The summed E-state index contributed by atoms with van der Waals surface area (Å²) in [5, 5.41) is 9.10. The van der Waals surface area contributed by atoms with Gasteiger partial charge in [-0.2, -0.15) is 0 Å². The molecule has 2 aromatic rings. The summed E-state index contributed by atoms with van der Waals surface area (Å²) in [7, 11) is 0. The molecule has 30 heavy (non-hydrogen) atoms. The minimum Gasteiger partial charge on any atom is -0.481 e. The number of carboxylic acids is 1. The lowest BCUT2D eigenvalue weighted by molar-refractivity contribution is -0.137. The third-order valence-corrected chi connectivity index (χ3v) is 6.05. The smallest absolute Gasteiger partial charge is 0.304 e. The summed E-state index contributed by atoms with van der Waals surface area (Å²) in [4.78, 5) is 12.9. The van der Waals surface area contributed by atoms with Gasteiger partial charge in [-0.1, -0.05) is 62.4 Å². The van der Waals surface area contributed by atoms with E-state index in [-0.39, 0.29) is 25.1 Å². The van der Waals surface area contributed by atoms with Crippen LogP contribution in [0.1, 0.15) is 60.8 Å². The molecule has 1 aliphatic carbocycles. The minimum absolute atomic E-state index is 0.00116. The maximum atomic E-state index is 14.5. The first-order valence-electron chi connectivity index (χ1n) is 10.9. The molecule has 162 valence electrons. The van der Waals surface area contributed by atoms with Crippen LogP contribution in [0.4, 0.5) is 8.78 Å². The second kappa shape index (κ2) is 10.7. The molecule has 1 saturated carbocycles. The monoisotopic (exact) mass is 415 g/mol. The first-order chi connectivity index (χ1) is 14.4. The zero-order chi connectivity index (χ0) is 21.5. The Balaban J connectivity index is 1.74. The van der Waals surface area contributed by atoms with Gasteiger partial charge in [0.2, 0.25) is 0 Å². The summed E-state index contributed by atoms with van der Waals surface area (Å²) in [6.45, 7) is 2.34. The van der Waals surface area contributed by atoms with Crippen molar-refractivity contribution in [3.63, 3.8) is 0 Å². The van der Waals surface area contributed by atoms with Crippen molar-refractivity contribution in [3.05, 3.63) is 70.3 Å². The van der Waals surface area contributed by atoms with Crippen molar-refractivity contribution >= 4 is 5.97 Å². The number of benzene rings is 2. The van der Waals surface area contributed by atoms with Gasteiger partial charge in [-0.15, -0.1) is 0 Å². The topological polar surface area (TPSA) is 40.5 Å². The van der Waals surface area contributed by atoms with Crippen LogP contribution in [0, 0.1) is 24.5 Å². The molecule has 0 unspecified atom stereocenters. The van der Waals surface area contributed by atoms with E-state index >= 15 is 0 Å². The molecular formula is C25H31F2NO2. The predicted molar refractivity (Wildman–Crippen MR) is 114 cm³/mol. The van der Waals surface area contributed by atoms with Crippen molar-refractivity contribution < 1.29 is 18.7 Å². The van der Waals surface area contributed by atoms with Gasteiger partial charge in [-0.3, -0.25) is 9.69 Å². The van der Waals surface area contributed by atoms with Crippen LogP contribution in [-0.4, -0.2) is 22.5 Å². The number of aryl methyl sites for hydroxylation is 1. The van der Waals surface area contributed by atoms with Crippen LogP contribution < -0.4 is 0 Å². The van der Waals surface area contributed by atoms with Gasteiger partial charge < -0.3 is 5.11 Å². The molecule has 1 aliphatic rings. The summed E-state index contributed by atoms with van der Waals surface area (Å²) in [6.07, 6.45) is 7.49. The molecule has 0 amide bonds. The number of carbonyl (C=O) groups is 1. The molecule has 0 aliphatic heterocycles. The fourth-order valence-corrected chi connectivity index (χ4v) is 4.39. The lowest BCUT2D eigenvalue weighted by atomic mass is 9.84. The van der Waals surface area contributed by atoms with Gasteiger partial charge in [0, 0.05) is 25.2 Å². The molecule has 0 bridgehead atoms. The molecule has 0 atom stereocenters. The van der Waals surface area contributed by atoms with E-state index in [1.54, 1.807) is 6.92 Å². The molecule has 3 nitrogen and oxygen atoms in total. The van der Waals surface area contributed by atoms with Crippen LogP contribution in [0.5, 0.6) is 0 Å². The second-order valence-corrected chi connectivity index (χ2v) is 8.54. The highest BCUT2D eigenvalue weighted by atomic mass is 19.1. The zero-order valence-electron chi connectivity index (χ0n) is 17.7.